The number of ether oxygens (including phenoxy) is 2. The summed E-state index contributed by atoms with van der Waals surface area (Å²) < 4.78 is 15.9. The van der Waals surface area contributed by atoms with Gasteiger partial charge >= 0.3 is 11.6 Å². The highest BCUT2D eigenvalue weighted by Gasteiger charge is 2.21. The summed E-state index contributed by atoms with van der Waals surface area (Å²) in [6.07, 6.45) is 0. The largest absolute Gasteiger partial charge is 0.482 e. The fourth-order valence-corrected chi connectivity index (χ4v) is 2.65. The lowest BCUT2D eigenvalue weighted by Gasteiger charge is -2.18. The summed E-state index contributed by atoms with van der Waals surface area (Å²) in [6, 6.07) is 13.0. The Morgan fingerprint density at radius 2 is 1.80 bits per heavy atom. The maximum Gasteiger partial charge on any atom is 0.349 e. The molecule has 0 atom stereocenters. The van der Waals surface area contributed by atoms with E-state index >= 15 is 0 Å². The first-order valence-electron chi connectivity index (χ1n) is 9.41. The zero-order chi connectivity index (χ0) is 21.9. The van der Waals surface area contributed by atoms with Crippen molar-refractivity contribution in [3.8, 4) is 11.5 Å². The molecule has 3 aromatic rings. The van der Waals surface area contributed by atoms with Gasteiger partial charge in [0.1, 0.15) is 17.1 Å². The Hall–Kier alpha value is -3.61. The van der Waals surface area contributed by atoms with Crippen LogP contribution in [-0.4, -0.2) is 18.5 Å². The Morgan fingerprint density at radius 1 is 1.03 bits per heavy atom. The van der Waals surface area contributed by atoms with Crippen molar-refractivity contribution in [3.63, 3.8) is 0 Å². The second-order valence-electron chi connectivity index (χ2n) is 7.90. The van der Waals surface area contributed by atoms with Crippen LogP contribution in [0.4, 0.5) is 5.69 Å². The molecule has 0 radical (unpaired) electrons. The van der Waals surface area contributed by atoms with Crippen LogP contribution in [0.3, 0.4) is 0 Å². The summed E-state index contributed by atoms with van der Waals surface area (Å²) >= 11 is 0. The summed E-state index contributed by atoms with van der Waals surface area (Å²) in [5.41, 5.74) is 0.693. The summed E-state index contributed by atoms with van der Waals surface area (Å²) in [4.78, 5) is 35.8. The third kappa shape index (κ3) is 5.26. The van der Waals surface area contributed by atoms with Crippen LogP contribution in [0.1, 0.15) is 26.3 Å². The molecule has 7 nitrogen and oxygen atoms in total. The van der Waals surface area contributed by atoms with Gasteiger partial charge in [0.2, 0.25) is 5.91 Å². The van der Waals surface area contributed by atoms with E-state index in [0.29, 0.717) is 17.0 Å². The van der Waals surface area contributed by atoms with Crippen LogP contribution in [0, 0.1) is 12.3 Å². The number of nitrogens with one attached hydrogen (secondary N) is 1. The van der Waals surface area contributed by atoms with Crippen molar-refractivity contribution in [3.05, 3.63) is 64.5 Å². The van der Waals surface area contributed by atoms with Crippen molar-refractivity contribution >= 4 is 28.5 Å². The number of esters is 1. The molecule has 1 amide bonds. The molecule has 0 aliphatic rings. The van der Waals surface area contributed by atoms with Gasteiger partial charge in [0.05, 0.1) is 0 Å². The molecule has 30 heavy (non-hydrogen) atoms. The number of amides is 1. The Morgan fingerprint density at radius 3 is 2.53 bits per heavy atom. The van der Waals surface area contributed by atoms with Crippen LogP contribution in [0.2, 0.25) is 0 Å². The average molecular weight is 409 g/mol. The minimum Gasteiger partial charge on any atom is -0.482 e. The number of fused-ring (bicyclic) bond motifs is 1. The van der Waals surface area contributed by atoms with E-state index in [2.05, 4.69) is 5.32 Å². The quantitative estimate of drug-likeness (QED) is 0.388. The van der Waals surface area contributed by atoms with E-state index in [1.54, 1.807) is 43.3 Å². The molecule has 0 aliphatic heterocycles. The van der Waals surface area contributed by atoms with Gasteiger partial charge in [-0.05, 0) is 36.8 Å². The molecule has 156 valence electrons. The number of aryl methyl sites for hydroxylation is 1. The molecule has 0 saturated carbocycles. The molecule has 0 fully saturated rings. The molecular weight excluding hydrogens is 386 g/mol. The molecule has 0 spiro atoms. The Balaban J connectivity index is 1.62. The molecule has 0 saturated heterocycles. The van der Waals surface area contributed by atoms with Gasteiger partial charge in [0.25, 0.3) is 0 Å². The SMILES string of the molecule is Cc1cc(=O)oc2cc(OC(=O)COc3cccc(NC(=O)C(C)(C)C)c3)ccc12. The van der Waals surface area contributed by atoms with Gasteiger partial charge in [0, 0.05) is 34.7 Å². The lowest BCUT2D eigenvalue weighted by atomic mass is 9.95. The van der Waals surface area contributed by atoms with Gasteiger partial charge in [-0.2, -0.15) is 0 Å². The van der Waals surface area contributed by atoms with Crippen molar-refractivity contribution in [1.29, 1.82) is 0 Å². The average Bonchev–Trinajstić information content (AvgIpc) is 2.65. The Bertz CT molecular complexity index is 1160. The highest BCUT2D eigenvalue weighted by atomic mass is 16.6. The van der Waals surface area contributed by atoms with E-state index < -0.39 is 17.0 Å². The molecule has 0 bridgehead atoms. The zero-order valence-electron chi connectivity index (χ0n) is 17.3. The fraction of sp³-hybridized carbons (Fsp3) is 0.261. The highest BCUT2D eigenvalue weighted by molar-refractivity contribution is 5.94. The summed E-state index contributed by atoms with van der Waals surface area (Å²) in [6.45, 7) is 6.93. The van der Waals surface area contributed by atoms with Gasteiger partial charge < -0.3 is 19.2 Å². The van der Waals surface area contributed by atoms with Crippen LogP contribution in [-0.2, 0) is 9.59 Å². The summed E-state index contributed by atoms with van der Waals surface area (Å²) in [7, 11) is 0. The maximum atomic E-state index is 12.1. The van der Waals surface area contributed by atoms with Crippen LogP contribution >= 0.6 is 0 Å². The van der Waals surface area contributed by atoms with Crippen LogP contribution < -0.4 is 20.4 Å². The fourth-order valence-electron chi connectivity index (χ4n) is 2.65. The van der Waals surface area contributed by atoms with E-state index in [1.807, 2.05) is 20.8 Å². The molecule has 0 aliphatic carbocycles. The van der Waals surface area contributed by atoms with Gasteiger partial charge in [-0.1, -0.05) is 26.8 Å². The molecule has 1 heterocycles. The van der Waals surface area contributed by atoms with Crippen LogP contribution in [0.25, 0.3) is 11.0 Å². The minimum absolute atomic E-state index is 0.128. The second kappa shape index (κ2) is 8.41. The topological polar surface area (TPSA) is 94.8 Å². The first kappa shape index (κ1) is 21.1. The monoisotopic (exact) mass is 409 g/mol. The third-order valence-corrected chi connectivity index (χ3v) is 4.28. The smallest absolute Gasteiger partial charge is 0.349 e. The number of anilines is 1. The van der Waals surface area contributed by atoms with E-state index in [4.69, 9.17) is 13.9 Å². The molecule has 3 rings (SSSR count). The molecular formula is C23H23NO6. The minimum atomic E-state index is -0.617. The Kier molecular flexibility index (Phi) is 5.91. The van der Waals surface area contributed by atoms with E-state index in [9.17, 15) is 14.4 Å². The first-order chi connectivity index (χ1) is 14.1. The summed E-state index contributed by atoms with van der Waals surface area (Å²) in [5, 5.41) is 3.57. The van der Waals surface area contributed by atoms with Crippen LogP contribution in [0.15, 0.2) is 57.7 Å². The third-order valence-electron chi connectivity index (χ3n) is 4.28. The number of benzene rings is 2. The van der Waals surface area contributed by atoms with Gasteiger partial charge in [-0.25, -0.2) is 9.59 Å². The lowest BCUT2D eigenvalue weighted by molar-refractivity contribution is -0.136. The standard InChI is InChI=1S/C23H23NO6/c1-14-10-20(25)30-19-12-17(8-9-18(14)19)29-21(26)13-28-16-7-5-6-15(11-16)24-22(27)23(2,3)4/h5-12H,13H2,1-4H3,(H,24,27). The van der Waals surface area contributed by atoms with E-state index in [0.717, 1.165) is 10.9 Å². The second-order valence-corrected chi connectivity index (χ2v) is 7.90. The molecule has 1 N–H and O–H groups in total. The lowest BCUT2D eigenvalue weighted by Crippen LogP contribution is -2.27. The normalized spacial score (nSPS) is 11.2. The number of carbonyl (C=O) groups is 2. The van der Waals surface area contributed by atoms with Gasteiger partial charge in [-0.15, -0.1) is 0 Å². The molecule has 1 aromatic heterocycles. The molecule has 2 aromatic carbocycles. The number of carbonyl (C=O) groups excluding carboxylic acids is 2. The number of rotatable bonds is 5. The van der Waals surface area contributed by atoms with Crippen molar-refractivity contribution in [1.82, 2.24) is 0 Å². The predicted octanol–water partition coefficient (Wildman–Crippen LogP) is 4.07. The maximum absolute atomic E-state index is 12.1. The van der Waals surface area contributed by atoms with Gasteiger partial charge in [-0.3, -0.25) is 4.79 Å². The highest BCUT2D eigenvalue weighted by Crippen LogP contribution is 2.23. The van der Waals surface area contributed by atoms with Crippen LogP contribution in [0.5, 0.6) is 11.5 Å². The molecule has 7 heteroatoms. The van der Waals surface area contributed by atoms with Gasteiger partial charge in [0.15, 0.2) is 6.61 Å². The van der Waals surface area contributed by atoms with Crippen molar-refractivity contribution in [2.24, 2.45) is 5.41 Å². The summed E-state index contributed by atoms with van der Waals surface area (Å²) in [5.74, 6) is -0.0828. The Labute approximate surface area is 173 Å². The van der Waals surface area contributed by atoms with E-state index in [1.165, 1.54) is 12.1 Å². The number of hydrogen-bond donors (Lipinski definition) is 1. The first-order valence-corrected chi connectivity index (χ1v) is 9.41. The van der Waals surface area contributed by atoms with Crippen molar-refractivity contribution in [2.45, 2.75) is 27.7 Å². The van der Waals surface area contributed by atoms with Crippen molar-refractivity contribution < 1.29 is 23.5 Å². The van der Waals surface area contributed by atoms with Crippen molar-refractivity contribution in [2.75, 3.05) is 11.9 Å². The number of hydrogen-bond acceptors (Lipinski definition) is 6. The molecule has 0 unspecified atom stereocenters. The van der Waals surface area contributed by atoms with E-state index in [-0.39, 0.29) is 18.3 Å². The predicted molar refractivity (Wildman–Crippen MR) is 113 cm³/mol. The zero-order valence-corrected chi connectivity index (χ0v) is 17.3.